The molecule has 0 spiro atoms. The number of ether oxygens (including phenoxy) is 2. The topological polar surface area (TPSA) is 81.4 Å². The van der Waals surface area contributed by atoms with Gasteiger partial charge in [-0.05, 0) is 31.7 Å². The van der Waals surface area contributed by atoms with Crippen molar-refractivity contribution >= 4 is 6.01 Å². The molecule has 0 aliphatic carbocycles. The molecule has 0 radical (unpaired) electrons. The molecule has 0 amide bonds. The lowest BCUT2D eigenvalue weighted by atomic mass is 10.2. The molecule has 2 aromatic rings. The number of anilines is 1. The first-order valence-corrected chi connectivity index (χ1v) is 6.39. The van der Waals surface area contributed by atoms with Gasteiger partial charge >= 0.3 is 6.01 Å². The molecule has 0 saturated carbocycles. The third kappa shape index (κ3) is 2.53. The predicted octanol–water partition coefficient (Wildman–Crippen LogP) is 1.69. The summed E-state index contributed by atoms with van der Waals surface area (Å²) in [4.78, 5) is 0. The highest BCUT2D eigenvalue weighted by Gasteiger charge is 2.14. The number of nitrogens with one attached hydrogen (secondary N) is 2. The zero-order chi connectivity index (χ0) is 13.9. The second-order valence-electron chi connectivity index (χ2n) is 4.50. The molecular weight excluding hydrogens is 260 g/mol. The lowest BCUT2D eigenvalue weighted by Gasteiger charge is -2.04. The molecule has 0 saturated heterocycles. The molecule has 106 valence electrons. The van der Waals surface area contributed by atoms with Crippen LogP contribution in [-0.2, 0) is 6.54 Å². The van der Waals surface area contributed by atoms with Crippen LogP contribution in [0.5, 0.6) is 11.5 Å². The van der Waals surface area contributed by atoms with Gasteiger partial charge in [0.2, 0.25) is 12.7 Å². The molecule has 0 fully saturated rings. The number of fused-ring (bicyclic) bond motifs is 1. The predicted molar refractivity (Wildman–Crippen MR) is 71.7 cm³/mol. The van der Waals surface area contributed by atoms with Gasteiger partial charge in [0.05, 0.1) is 6.04 Å². The number of rotatable bonds is 5. The molecule has 2 N–H and O–H groups in total. The highest BCUT2D eigenvalue weighted by Crippen LogP contribution is 2.32. The standard InChI is InChI=1S/C13H16N4O3/c1-8(14-2)12-16-17-13(20-12)15-6-9-3-4-10-11(5-9)19-7-18-10/h3-5,8,14H,6-7H2,1-2H3,(H,15,17). The summed E-state index contributed by atoms with van der Waals surface area (Å²) < 4.78 is 16.1. The molecule has 1 unspecified atom stereocenters. The van der Waals surface area contributed by atoms with Crippen LogP contribution in [0, 0.1) is 0 Å². The number of benzene rings is 1. The lowest BCUT2D eigenvalue weighted by molar-refractivity contribution is 0.174. The van der Waals surface area contributed by atoms with Gasteiger partial charge in [-0.3, -0.25) is 0 Å². The Labute approximate surface area is 116 Å². The quantitative estimate of drug-likeness (QED) is 0.860. The van der Waals surface area contributed by atoms with E-state index in [2.05, 4.69) is 20.8 Å². The molecule has 1 aliphatic rings. The number of hydrogen-bond donors (Lipinski definition) is 2. The minimum Gasteiger partial charge on any atom is -0.454 e. The van der Waals surface area contributed by atoms with Crippen molar-refractivity contribution in [2.75, 3.05) is 19.2 Å². The molecule has 1 aromatic heterocycles. The number of hydrogen-bond acceptors (Lipinski definition) is 7. The lowest BCUT2D eigenvalue weighted by Crippen LogP contribution is -2.12. The van der Waals surface area contributed by atoms with E-state index in [1.807, 2.05) is 32.2 Å². The third-order valence-corrected chi connectivity index (χ3v) is 3.12. The van der Waals surface area contributed by atoms with Crippen LogP contribution in [-0.4, -0.2) is 24.0 Å². The summed E-state index contributed by atoms with van der Waals surface area (Å²) in [6.45, 7) is 2.81. The van der Waals surface area contributed by atoms with Gasteiger partial charge in [-0.15, -0.1) is 5.10 Å². The smallest absolute Gasteiger partial charge is 0.315 e. The van der Waals surface area contributed by atoms with Gasteiger partial charge in [-0.25, -0.2) is 0 Å². The molecule has 0 bridgehead atoms. The summed E-state index contributed by atoms with van der Waals surface area (Å²) in [5.74, 6) is 2.09. The van der Waals surface area contributed by atoms with E-state index in [0.717, 1.165) is 17.1 Å². The van der Waals surface area contributed by atoms with Crippen molar-refractivity contribution in [3.8, 4) is 11.5 Å². The van der Waals surface area contributed by atoms with E-state index in [0.29, 0.717) is 18.5 Å². The Morgan fingerprint density at radius 2 is 2.10 bits per heavy atom. The maximum absolute atomic E-state index is 5.50. The van der Waals surface area contributed by atoms with Crippen molar-refractivity contribution in [2.45, 2.75) is 19.5 Å². The summed E-state index contributed by atoms with van der Waals surface area (Å²) in [7, 11) is 1.84. The minimum absolute atomic E-state index is 0.0311. The molecule has 7 nitrogen and oxygen atoms in total. The van der Waals surface area contributed by atoms with E-state index in [1.54, 1.807) is 0 Å². The zero-order valence-corrected chi connectivity index (χ0v) is 11.3. The fourth-order valence-electron chi connectivity index (χ4n) is 1.83. The Kier molecular flexibility index (Phi) is 3.42. The molecule has 20 heavy (non-hydrogen) atoms. The van der Waals surface area contributed by atoms with Crippen LogP contribution in [0.4, 0.5) is 6.01 Å². The van der Waals surface area contributed by atoms with Crippen LogP contribution in [0.15, 0.2) is 22.6 Å². The second-order valence-corrected chi connectivity index (χ2v) is 4.50. The Morgan fingerprint density at radius 3 is 2.95 bits per heavy atom. The molecular formula is C13H16N4O3. The Morgan fingerprint density at radius 1 is 1.25 bits per heavy atom. The second kappa shape index (κ2) is 5.38. The van der Waals surface area contributed by atoms with E-state index in [4.69, 9.17) is 13.9 Å². The van der Waals surface area contributed by atoms with E-state index >= 15 is 0 Å². The minimum atomic E-state index is 0.0311. The fourth-order valence-corrected chi connectivity index (χ4v) is 1.83. The van der Waals surface area contributed by atoms with E-state index in [1.165, 1.54) is 0 Å². The van der Waals surface area contributed by atoms with Gasteiger partial charge in [0.25, 0.3) is 0 Å². The van der Waals surface area contributed by atoms with Crippen molar-refractivity contribution < 1.29 is 13.9 Å². The van der Waals surface area contributed by atoms with Gasteiger partial charge in [-0.1, -0.05) is 11.2 Å². The SMILES string of the molecule is CNC(C)c1nnc(NCc2ccc3c(c2)OCO3)o1. The van der Waals surface area contributed by atoms with Gasteiger partial charge in [0.15, 0.2) is 11.5 Å². The molecule has 3 rings (SSSR count). The molecule has 1 atom stereocenters. The third-order valence-electron chi connectivity index (χ3n) is 3.12. The normalized spacial score (nSPS) is 14.3. The van der Waals surface area contributed by atoms with Crippen LogP contribution in [0.3, 0.4) is 0 Å². The van der Waals surface area contributed by atoms with Crippen molar-refractivity contribution in [1.82, 2.24) is 15.5 Å². The summed E-state index contributed by atoms with van der Waals surface area (Å²) in [5, 5.41) is 14.0. The average Bonchev–Trinajstić information content (AvgIpc) is 3.12. The first-order valence-electron chi connectivity index (χ1n) is 6.39. The van der Waals surface area contributed by atoms with E-state index < -0.39 is 0 Å². The Balaban J connectivity index is 1.63. The summed E-state index contributed by atoms with van der Waals surface area (Å²) in [6, 6.07) is 6.22. The zero-order valence-electron chi connectivity index (χ0n) is 11.3. The van der Waals surface area contributed by atoms with Crippen molar-refractivity contribution in [3.63, 3.8) is 0 Å². The maximum Gasteiger partial charge on any atom is 0.315 e. The molecule has 7 heteroatoms. The van der Waals surface area contributed by atoms with Crippen LogP contribution in [0.1, 0.15) is 24.4 Å². The van der Waals surface area contributed by atoms with Gasteiger partial charge < -0.3 is 24.5 Å². The number of aromatic nitrogens is 2. The average molecular weight is 276 g/mol. The molecule has 1 aromatic carbocycles. The van der Waals surface area contributed by atoms with Crippen LogP contribution < -0.4 is 20.1 Å². The fraction of sp³-hybridized carbons (Fsp3) is 0.385. The first-order chi connectivity index (χ1) is 9.76. The van der Waals surface area contributed by atoms with Crippen LogP contribution in [0.2, 0.25) is 0 Å². The number of nitrogens with zero attached hydrogens (tertiary/aromatic N) is 2. The molecule has 1 aliphatic heterocycles. The van der Waals surface area contributed by atoms with Crippen LogP contribution >= 0.6 is 0 Å². The first kappa shape index (κ1) is 12.7. The summed E-state index contributed by atoms with van der Waals surface area (Å²) in [6.07, 6.45) is 0. The van der Waals surface area contributed by atoms with Crippen molar-refractivity contribution in [1.29, 1.82) is 0 Å². The summed E-state index contributed by atoms with van der Waals surface area (Å²) >= 11 is 0. The maximum atomic E-state index is 5.50. The van der Waals surface area contributed by atoms with Crippen molar-refractivity contribution in [2.24, 2.45) is 0 Å². The highest BCUT2D eigenvalue weighted by molar-refractivity contribution is 5.45. The highest BCUT2D eigenvalue weighted by atomic mass is 16.7. The molecule has 2 heterocycles. The monoisotopic (exact) mass is 276 g/mol. The largest absolute Gasteiger partial charge is 0.454 e. The van der Waals surface area contributed by atoms with Crippen molar-refractivity contribution in [3.05, 3.63) is 29.7 Å². The van der Waals surface area contributed by atoms with Crippen LogP contribution in [0.25, 0.3) is 0 Å². The van der Waals surface area contributed by atoms with E-state index in [-0.39, 0.29) is 12.8 Å². The Hall–Kier alpha value is -2.28. The van der Waals surface area contributed by atoms with E-state index in [9.17, 15) is 0 Å². The van der Waals surface area contributed by atoms with Gasteiger partial charge in [0, 0.05) is 6.54 Å². The van der Waals surface area contributed by atoms with Gasteiger partial charge in [-0.2, -0.15) is 0 Å². The summed E-state index contributed by atoms with van der Waals surface area (Å²) in [5.41, 5.74) is 1.05. The van der Waals surface area contributed by atoms with Gasteiger partial charge in [0.1, 0.15) is 0 Å². The Bertz CT molecular complexity index is 599.